The first kappa shape index (κ1) is 12.3. The van der Waals surface area contributed by atoms with Gasteiger partial charge in [0.2, 0.25) is 0 Å². The molecule has 3 aromatic rings. The van der Waals surface area contributed by atoms with Gasteiger partial charge in [-0.1, -0.05) is 18.2 Å². The second-order valence-electron chi connectivity index (χ2n) is 5.61. The van der Waals surface area contributed by atoms with Gasteiger partial charge in [0.15, 0.2) is 0 Å². The van der Waals surface area contributed by atoms with Crippen LogP contribution >= 0.6 is 0 Å². The number of rotatable bonds is 1. The lowest BCUT2D eigenvalue weighted by Gasteiger charge is -1.92. The van der Waals surface area contributed by atoms with Gasteiger partial charge < -0.3 is 4.98 Å². The van der Waals surface area contributed by atoms with Crippen LogP contribution in [0.25, 0.3) is 22.6 Å². The highest BCUT2D eigenvalue weighted by Gasteiger charge is 2.10. The van der Waals surface area contributed by atoms with E-state index in [1.54, 1.807) is 0 Å². The molecule has 1 aliphatic carbocycles. The number of aromatic nitrogens is 3. The fourth-order valence-electron chi connectivity index (χ4n) is 3.20. The largest absolute Gasteiger partial charge is 0.361 e. The van der Waals surface area contributed by atoms with Crippen LogP contribution in [0.4, 0.5) is 0 Å². The zero-order valence-electron chi connectivity index (χ0n) is 11.7. The van der Waals surface area contributed by atoms with Gasteiger partial charge in [-0.3, -0.25) is 15.0 Å². The minimum atomic E-state index is -0.0466. The lowest BCUT2D eigenvalue weighted by atomic mass is 10.1. The van der Waals surface area contributed by atoms with Crippen molar-refractivity contribution >= 4 is 22.6 Å². The molecule has 0 radical (unpaired) electrons. The molecule has 0 spiro atoms. The van der Waals surface area contributed by atoms with Gasteiger partial charge in [0, 0.05) is 22.7 Å². The predicted molar refractivity (Wildman–Crippen MR) is 84.4 cm³/mol. The summed E-state index contributed by atoms with van der Waals surface area (Å²) in [6.07, 6.45) is 8.55. The van der Waals surface area contributed by atoms with E-state index in [1.165, 1.54) is 18.4 Å². The highest BCUT2D eigenvalue weighted by molar-refractivity contribution is 5.88. The van der Waals surface area contributed by atoms with Crippen LogP contribution in [0.1, 0.15) is 31.2 Å². The molecular formula is C17H17N3O. The molecule has 0 aliphatic heterocycles. The summed E-state index contributed by atoms with van der Waals surface area (Å²) < 4.78 is 0. The van der Waals surface area contributed by atoms with Gasteiger partial charge in [-0.2, -0.15) is 0 Å². The molecule has 2 heterocycles. The number of hydrogen-bond donors (Lipinski definition) is 3. The molecule has 4 nitrogen and oxygen atoms in total. The van der Waals surface area contributed by atoms with Crippen molar-refractivity contribution in [2.75, 3.05) is 0 Å². The molecule has 1 fully saturated rings. The first-order valence-electron chi connectivity index (χ1n) is 7.39. The van der Waals surface area contributed by atoms with Crippen molar-refractivity contribution < 1.29 is 0 Å². The molecule has 4 heteroatoms. The Morgan fingerprint density at radius 2 is 1.86 bits per heavy atom. The SMILES string of the molecule is O=c1[nH][nH]c(=C2CCCC2)c1=Cc1c[nH]c2ccccc12. The van der Waals surface area contributed by atoms with Crippen molar-refractivity contribution in [3.05, 3.63) is 56.9 Å². The van der Waals surface area contributed by atoms with Crippen molar-refractivity contribution in [3.63, 3.8) is 0 Å². The molecule has 1 saturated carbocycles. The van der Waals surface area contributed by atoms with Crippen LogP contribution in [0.15, 0.2) is 35.3 Å². The summed E-state index contributed by atoms with van der Waals surface area (Å²) in [7, 11) is 0. The lowest BCUT2D eigenvalue weighted by Crippen LogP contribution is -2.34. The van der Waals surface area contributed by atoms with E-state index in [0.717, 1.165) is 39.9 Å². The highest BCUT2D eigenvalue weighted by Crippen LogP contribution is 2.23. The first-order chi connectivity index (χ1) is 10.3. The molecule has 0 unspecified atom stereocenters. The summed E-state index contributed by atoms with van der Waals surface area (Å²) in [5, 5.41) is 8.67. The third-order valence-electron chi connectivity index (χ3n) is 4.30. The molecule has 2 aromatic heterocycles. The van der Waals surface area contributed by atoms with Crippen LogP contribution in [0.5, 0.6) is 0 Å². The van der Waals surface area contributed by atoms with Gasteiger partial charge in [0.25, 0.3) is 5.56 Å². The van der Waals surface area contributed by atoms with Crippen LogP contribution in [0.3, 0.4) is 0 Å². The van der Waals surface area contributed by atoms with E-state index in [1.807, 2.05) is 30.5 Å². The van der Waals surface area contributed by atoms with Gasteiger partial charge in [0.05, 0.1) is 10.6 Å². The summed E-state index contributed by atoms with van der Waals surface area (Å²) in [5.41, 5.74) is 3.45. The lowest BCUT2D eigenvalue weighted by molar-refractivity contribution is 0.886. The Morgan fingerprint density at radius 1 is 1.05 bits per heavy atom. The minimum Gasteiger partial charge on any atom is -0.361 e. The Kier molecular flexibility index (Phi) is 2.81. The van der Waals surface area contributed by atoms with E-state index in [2.05, 4.69) is 21.2 Å². The fraction of sp³-hybridized carbons (Fsp3) is 0.235. The van der Waals surface area contributed by atoms with E-state index in [0.29, 0.717) is 0 Å². The summed E-state index contributed by atoms with van der Waals surface area (Å²) in [6, 6.07) is 8.13. The Labute approximate surface area is 121 Å². The molecule has 1 aliphatic rings. The van der Waals surface area contributed by atoms with Crippen molar-refractivity contribution in [1.82, 2.24) is 15.2 Å². The molecule has 21 heavy (non-hydrogen) atoms. The average Bonchev–Trinajstić information content (AvgIpc) is 3.21. The van der Waals surface area contributed by atoms with Gasteiger partial charge in [-0.05, 0) is 43.4 Å². The Hall–Kier alpha value is -2.49. The molecule has 0 atom stereocenters. The maximum absolute atomic E-state index is 12.1. The molecule has 0 amide bonds. The average molecular weight is 279 g/mol. The Morgan fingerprint density at radius 3 is 2.71 bits per heavy atom. The van der Waals surface area contributed by atoms with Crippen LogP contribution in [-0.4, -0.2) is 15.2 Å². The molecule has 4 rings (SSSR count). The highest BCUT2D eigenvalue weighted by atomic mass is 16.1. The third-order valence-corrected chi connectivity index (χ3v) is 4.30. The zero-order valence-corrected chi connectivity index (χ0v) is 11.7. The third kappa shape index (κ3) is 2.03. The Bertz CT molecular complexity index is 963. The number of hydrogen-bond acceptors (Lipinski definition) is 1. The number of aromatic amines is 3. The predicted octanol–water partition coefficient (Wildman–Crippen LogP) is 1.74. The maximum Gasteiger partial charge on any atom is 0.271 e. The van der Waals surface area contributed by atoms with E-state index in [9.17, 15) is 4.79 Å². The quantitative estimate of drug-likeness (QED) is 0.624. The second-order valence-corrected chi connectivity index (χ2v) is 5.61. The number of para-hydroxylation sites is 1. The molecule has 3 N–H and O–H groups in total. The number of fused-ring (bicyclic) bond motifs is 1. The smallest absolute Gasteiger partial charge is 0.271 e. The summed E-state index contributed by atoms with van der Waals surface area (Å²) in [5.74, 6) is 0. The summed E-state index contributed by atoms with van der Waals surface area (Å²) >= 11 is 0. The van der Waals surface area contributed by atoms with Crippen LogP contribution in [0, 0.1) is 0 Å². The van der Waals surface area contributed by atoms with E-state index in [-0.39, 0.29) is 5.56 Å². The second kappa shape index (κ2) is 4.81. The minimum absolute atomic E-state index is 0.0466. The number of nitrogens with one attached hydrogen (secondary N) is 3. The fourth-order valence-corrected chi connectivity index (χ4v) is 3.20. The van der Waals surface area contributed by atoms with Gasteiger partial charge in [-0.15, -0.1) is 0 Å². The normalized spacial score (nSPS) is 16.2. The van der Waals surface area contributed by atoms with Gasteiger partial charge >= 0.3 is 0 Å². The molecule has 1 aromatic carbocycles. The van der Waals surface area contributed by atoms with E-state index in [4.69, 9.17) is 0 Å². The van der Waals surface area contributed by atoms with Crippen molar-refractivity contribution in [3.8, 4) is 0 Å². The maximum atomic E-state index is 12.1. The summed E-state index contributed by atoms with van der Waals surface area (Å²) in [6.45, 7) is 0. The zero-order chi connectivity index (χ0) is 14.2. The van der Waals surface area contributed by atoms with Gasteiger partial charge in [0.1, 0.15) is 0 Å². The summed E-state index contributed by atoms with van der Waals surface area (Å²) in [4.78, 5) is 15.4. The standard InChI is InChI=1S/C17H17N3O/c21-17-14(16(19-20-17)11-5-1-2-6-11)9-12-10-18-15-8-4-3-7-13(12)15/h3-4,7-10,18-19H,1-2,5-6H2,(H,20,21). The van der Waals surface area contributed by atoms with Gasteiger partial charge in [-0.25, -0.2) is 0 Å². The molecule has 0 saturated heterocycles. The Balaban J connectivity index is 2.01. The van der Waals surface area contributed by atoms with Crippen molar-refractivity contribution in [1.29, 1.82) is 0 Å². The molecule has 106 valence electrons. The van der Waals surface area contributed by atoms with Crippen LogP contribution in [-0.2, 0) is 0 Å². The topological polar surface area (TPSA) is 64.4 Å². The van der Waals surface area contributed by atoms with E-state index < -0.39 is 0 Å². The molecule has 0 bridgehead atoms. The number of benzene rings is 1. The monoisotopic (exact) mass is 279 g/mol. The van der Waals surface area contributed by atoms with Crippen LogP contribution in [0.2, 0.25) is 0 Å². The van der Waals surface area contributed by atoms with E-state index >= 15 is 0 Å². The van der Waals surface area contributed by atoms with Crippen molar-refractivity contribution in [2.45, 2.75) is 25.7 Å². The molecular weight excluding hydrogens is 262 g/mol. The van der Waals surface area contributed by atoms with Crippen LogP contribution < -0.4 is 16.1 Å². The first-order valence-corrected chi connectivity index (χ1v) is 7.39. The number of H-pyrrole nitrogens is 3. The van der Waals surface area contributed by atoms with Crippen molar-refractivity contribution in [2.24, 2.45) is 0 Å².